The van der Waals surface area contributed by atoms with E-state index >= 15 is 0 Å². The summed E-state index contributed by atoms with van der Waals surface area (Å²) in [6, 6.07) is 11.4. The van der Waals surface area contributed by atoms with Crippen molar-refractivity contribution in [1.29, 1.82) is 0 Å². The second-order valence-corrected chi connectivity index (χ2v) is 6.92. The number of rotatable bonds is 2. The lowest BCUT2D eigenvalue weighted by Gasteiger charge is -2.04. The van der Waals surface area contributed by atoms with E-state index in [1.165, 1.54) is 0 Å². The molecule has 2 aromatic carbocycles. The summed E-state index contributed by atoms with van der Waals surface area (Å²) in [7, 11) is 1.98. The van der Waals surface area contributed by atoms with E-state index in [4.69, 9.17) is 37.7 Å². The fraction of sp³-hybridized carbons (Fsp3) is 0.105. The monoisotopic (exact) mass is 385 g/mol. The molecule has 0 N–H and O–H groups in total. The van der Waals surface area contributed by atoms with Gasteiger partial charge in [0.15, 0.2) is 11.5 Å². The van der Waals surface area contributed by atoms with Crippen LogP contribution in [0.3, 0.4) is 0 Å². The van der Waals surface area contributed by atoms with Gasteiger partial charge in [0.25, 0.3) is 0 Å². The van der Waals surface area contributed by atoms with Crippen LogP contribution in [-0.2, 0) is 7.05 Å². The molecule has 2 aromatic heterocycles. The first-order chi connectivity index (χ1) is 12.6. The van der Waals surface area contributed by atoms with Crippen molar-refractivity contribution in [3.8, 4) is 34.0 Å². The minimum Gasteiger partial charge on any atom is -0.454 e. The topological polar surface area (TPSA) is 40.7 Å². The van der Waals surface area contributed by atoms with Gasteiger partial charge in [-0.2, -0.15) is 0 Å². The molecule has 0 atom stereocenters. The molecule has 0 amide bonds. The lowest BCUT2D eigenvalue weighted by Crippen LogP contribution is -1.93. The molecule has 1 aliphatic rings. The average Bonchev–Trinajstić information content (AvgIpc) is 3.33. The van der Waals surface area contributed by atoms with Crippen molar-refractivity contribution in [3.63, 3.8) is 0 Å². The number of aromatic nitrogens is 3. The summed E-state index contributed by atoms with van der Waals surface area (Å²) in [5.41, 5.74) is 3.84. The van der Waals surface area contributed by atoms with Crippen LogP contribution < -0.4 is 9.47 Å². The van der Waals surface area contributed by atoms with E-state index < -0.39 is 0 Å². The molecule has 7 heteroatoms. The summed E-state index contributed by atoms with van der Waals surface area (Å²) in [5, 5.41) is 1.07. The van der Waals surface area contributed by atoms with E-state index in [1.54, 1.807) is 6.07 Å². The van der Waals surface area contributed by atoms with Crippen LogP contribution in [-0.4, -0.2) is 20.7 Å². The van der Waals surface area contributed by atoms with Crippen molar-refractivity contribution in [2.45, 2.75) is 0 Å². The summed E-state index contributed by atoms with van der Waals surface area (Å²) >= 11 is 12.2. The zero-order chi connectivity index (χ0) is 17.8. The second-order valence-electron chi connectivity index (χ2n) is 6.10. The fourth-order valence-electron chi connectivity index (χ4n) is 3.17. The number of benzene rings is 2. The maximum absolute atomic E-state index is 6.15. The third kappa shape index (κ3) is 2.35. The molecule has 0 aliphatic carbocycles. The predicted molar refractivity (Wildman–Crippen MR) is 101 cm³/mol. The maximum Gasteiger partial charge on any atom is 0.231 e. The van der Waals surface area contributed by atoms with Gasteiger partial charge in [0, 0.05) is 30.6 Å². The van der Waals surface area contributed by atoms with E-state index in [9.17, 15) is 0 Å². The van der Waals surface area contributed by atoms with E-state index in [0.29, 0.717) is 10.0 Å². The molecule has 0 unspecified atom stereocenters. The molecular weight excluding hydrogens is 373 g/mol. The molecule has 3 heterocycles. The van der Waals surface area contributed by atoms with Crippen molar-refractivity contribution in [2.75, 3.05) is 6.79 Å². The normalized spacial score (nSPS) is 12.9. The Balaban J connectivity index is 1.58. The highest BCUT2D eigenvalue weighted by Gasteiger charge is 2.17. The predicted octanol–water partition coefficient (Wildman–Crippen LogP) is 5.04. The molecule has 0 fully saturated rings. The molecule has 0 radical (unpaired) electrons. The Morgan fingerprint density at radius 1 is 0.923 bits per heavy atom. The first-order valence-corrected chi connectivity index (χ1v) is 8.75. The van der Waals surface area contributed by atoms with E-state index in [2.05, 4.69) is 0 Å². The molecule has 1 aliphatic heterocycles. The van der Waals surface area contributed by atoms with Crippen LogP contribution in [0.4, 0.5) is 0 Å². The van der Waals surface area contributed by atoms with Gasteiger partial charge in [-0.05, 0) is 30.3 Å². The molecule has 0 spiro atoms. The van der Waals surface area contributed by atoms with Gasteiger partial charge < -0.3 is 14.0 Å². The number of ether oxygens (including phenoxy) is 2. The van der Waals surface area contributed by atoms with Crippen LogP contribution in [0.25, 0.3) is 28.3 Å². The SMILES string of the molecule is Cn1c(-c2ccc(Cl)c(Cl)c2)cn2cc(-c3ccc4c(c3)OCO4)nc12. The van der Waals surface area contributed by atoms with Crippen molar-refractivity contribution in [3.05, 3.63) is 58.8 Å². The van der Waals surface area contributed by atoms with Crippen molar-refractivity contribution < 1.29 is 9.47 Å². The van der Waals surface area contributed by atoms with Gasteiger partial charge in [0.2, 0.25) is 12.6 Å². The Morgan fingerprint density at radius 3 is 2.54 bits per heavy atom. The Hall–Kier alpha value is -2.63. The fourth-order valence-corrected chi connectivity index (χ4v) is 3.47. The molecule has 0 saturated carbocycles. The molecule has 5 nitrogen and oxygen atoms in total. The lowest BCUT2D eigenvalue weighted by molar-refractivity contribution is 0.174. The summed E-state index contributed by atoms with van der Waals surface area (Å²) < 4.78 is 14.8. The lowest BCUT2D eigenvalue weighted by atomic mass is 10.1. The Bertz CT molecular complexity index is 1160. The van der Waals surface area contributed by atoms with Gasteiger partial charge in [-0.3, -0.25) is 4.40 Å². The van der Waals surface area contributed by atoms with Crippen molar-refractivity contribution in [1.82, 2.24) is 14.0 Å². The Kier molecular flexibility index (Phi) is 3.42. The molecular formula is C19H13Cl2N3O2. The van der Waals surface area contributed by atoms with Gasteiger partial charge in [-0.1, -0.05) is 29.3 Å². The van der Waals surface area contributed by atoms with Gasteiger partial charge in [0.05, 0.1) is 21.4 Å². The van der Waals surface area contributed by atoms with Crippen LogP contribution in [0, 0.1) is 0 Å². The van der Waals surface area contributed by atoms with Gasteiger partial charge in [0.1, 0.15) is 0 Å². The van der Waals surface area contributed by atoms with Gasteiger partial charge >= 0.3 is 0 Å². The van der Waals surface area contributed by atoms with Gasteiger partial charge in [-0.25, -0.2) is 4.98 Å². The zero-order valence-electron chi connectivity index (χ0n) is 13.7. The number of aryl methyl sites for hydroxylation is 1. The number of nitrogens with zero attached hydrogens (tertiary/aromatic N) is 3. The average molecular weight is 386 g/mol. The Morgan fingerprint density at radius 2 is 1.73 bits per heavy atom. The quantitative estimate of drug-likeness (QED) is 0.485. The first kappa shape index (κ1) is 15.6. The van der Waals surface area contributed by atoms with E-state index in [1.807, 2.05) is 58.7 Å². The highest BCUT2D eigenvalue weighted by Crippen LogP contribution is 2.36. The number of fused-ring (bicyclic) bond motifs is 2. The Labute approximate surface area is 159 Å². The van der Waals surface area contributed by atoms with Crippen LogP contribution in [0.1, 0.15) is 0 Å². The summed E-state index contributed by atoms with van der Waals surface area (Å²) in [5.74, 6) is 2.34. The molecule has 26 heavy (non-hydrogen) atoms. The smallest absolute Gasteiger partial charge is 0.231 e. The number of hydrogen-bond acceptors (Lipinski definition) is 3. The highest BCUT2D eigenvalue weighted by molar-refractivity contribution is 6.42. The number of halogens is 2. The molecule has 5 rings (SSSR count). The zero-order valence-corrected chi connectivity index (χ0v) is 15.3. The van der Waals surface area contributed by atoms with Gasteiger partial charge in [-0.15, -0.1) is 0 Å². The minimum atomic E-state index is 0.261. The number of hydrogen-bond donors (Lipinski definition) is 0. The first-order valence-electron chi connectivity index (χ1n) is 8.00. The maximum atomic E-state index is 6.15. The summed E-state index contributed by atoms with van der Waals surface area (Å²) in [6.45, 7) is 0.261. The third-order valence-corrected chi connectivity index (χ3v) is 5.26. The third-order valence-electron chi connectivity index (χ3n) is 4.52. The van der Waals surface area contributed by atoms with E-state index in [0.717, 1.165) is 39.8 Å². The highest BCUT2D eigenvalue weighted by atomic mass is 35.5. The number of imidazole rings is 2. The molecule has 4 aromatic rings. The van der Waals surface area contributed by atoms with Crippen LogP contribution in [0.2, 0.25) is 10.0 Å². The molecule has 0 saturated heterocycles. The largest absolute Gasteiger partial charge is 0.454 e. The van der Waals surface area contributed by atoms with Crippen LogP contribution in [0.5, 0.6) is 11.5 Å². The van der Waals surface area contributed by atoms with E-state index in [-0.39, 0.29) is 6.79 Å². The summed E-state index contributed by atoms with van der Waals surface area (Å²) in [6.07, 6.45) is 4.02. The second kappa shape index (κ2) is 5.69. The minimum absolute atomic E-state index is 0.261. The van der Waals surface area contributed by atoms with Crippen molar-refractivity contribution in [2.24, 2.45) is 7.05 Å². The summed E-state index contributed by atoms with van der Waals surface area (Å²) in [4.78, 5) is 4.76. The van der Waals surface area contributed by atoms with Crippen molar-refractivity contribution >= 4 is 29.0 Å². The molecule has 0 bridgehead atoms. The van der Waals surface area contributed by atoms with Crippen LogP contribution >= 0.6 is 23.2 Å². The standard InChI is InChI=1S/C19H13Cl2N3O2/c1-23-16(12-2-4-13(20)14(21)6-12)9-24-8-15(22-19(23)24)11-3-5-17-18(7-11)26-10-25-17/h2-9H,10H2,1H3. The molecule has 130 valence electrons. The van der Waals surface area contributed by atoms with Crippen LogP contribution in [0.15, 0.2) is 48.8 Å².